The molecule has 0 aliphatic heterocycles. The fraction of sp³-hybridized carbons (Fsp3) is 0.429. The summed E-state index contributed by atoms with van der Waals surface area (Å²) in [6.07, 6.45) is 2.57. The van der Waals surface area contributed by atoms with Gasteiger partial charge in [-0.2, -0.15) is 0 Å². The molecule has 1 aromatic rings. The highest BCUT2D eigenvalue weighted by atomic mass is 19.2. The summed E-state index contributed by atoms with van der Waals surface area (Å²) < 4.78 is 65.5. The molecule has 1 nitrogen and oxygen atoms in total. The van der Waals surface area contributed by atoms with Crippen LogP contribution in [0.3, 0.4) is 0 Å². The number of allylic oxidation sites excluding steroid dienone is 2. The van der Waals surface area contributed by atoms with E-state index in [-0.39, 0.29) is 25.0 Å². The lowest BCUT2D eigenvalue weighted by molar-refractivity contribution is 0.354. The number of halogens is 5. The minimum atomic E-state index is -2.15. The van der Waals surface area contributed by atoms with Crippen LogP contribution in [0.5, 0.6) is 0 Å². The normalized spacial score (nSPS) is 14.3. The molecule has 20 heavy (non-hydrogen) atoms. The zero-order valence-corrected chi connectivity index (χ0v) is 10.6. The van der Waals surface area contributed by atoms with Crippen LogP contribution in [0.2, 0.25) is 0 Å². The molecule has 1 saturated carbocycles. The molecular weight excluding hydrogens is 279 g/mol. The first-order valence-electron chi connectivity index (χ1n) is 6.33. The van der Waals surface area contributed by atoms with Crippen LogP contribution in [0.25, 0.3) is 0 Å². The van der Waals surface area contributed by atoms with Crippen molar-refractivity contribution in [3.8, 4) is 0 Å². The Hall–Kier alpha value is -1.59. The van der Waals surface area contributed by atoms with Crippen LogP contribution in [-0.2, 0) is 6.42 Å². The van der Waals surface area contributed by atoms with Gasteiger partial charge < -0.3 is 5.11 Å². The average Bonchev–Trinajstić information content (AvgIpc) is 2.36. The monoisotopic (exact) mass is 292 g/mol. The van der Waals surface area contributed by atoms with Crippen molar-refractivity contribution >= 4 is 0 Å². The fourth-order valence-electron chi connectivity index (χ4n) is 2.12. The Kier molecular flexibility index (Phi) is 4.30. The van der Waals surface area contributed by atoms with E-state index in [4.69, 9.17) is 0 Å². The summed E-state index contributed by atoms with van der Waals surface area (Å²) in [5.41, 5.74) is 0.0789. The number of aliphatic hydroxyl groups is 1. The van der Waals surface area contributed by atoms with E-state index in [1.54, 1.807) is 0 Å². The van der Waals surface area contributed by atoms with Gasteiger partial charge in [-0.1, -0.05) is 0 Å². The Bertz CT molecular complexity index is 530. The van der Waals surface area contributed by atoms with Gasteiger partial charge in [0.15, 0.2) is 23.3 Å². The Labute approximate surface area is 112 Å². The van der Waals surface area contributed by atoms with Gasteiger partial charge in [0, 0.05) is 12.0 Å². The third kappa shape index (κ3) is 2.64. The summed E-state index contributed by atoms with van der Waals surface area (Å²) in [5, 5.41) is 9.62. The number of hydrogen-bond acceptors (Lipinski definition) is 1. The molecule has 2 rings (SSSR count). The van der Waals surface area contributed by atoms with Crippen molar-refractivity contribution in [2.75, 3.05) is 0 Å². The molecule has 1 fully saturated rings. The average molecular weight is 292 g/mol. The van der Waals surface area contributed by atoms with E-state index in [0.29, 0.717) is 0 Å². The van der Waals surface area contributed by atoms with Gasteiger partial charge in [0.25, 0.3) is 0 Å². The maximum atomic E-state index is 13.4. The van der Waals surface area contributed by atoms with Gasteiger partial charge in [0.1, 0.15) is 0 Å². The molecule has 1 aliphatic carbocycles. The Morgan fingerprint density at radius 2 is 1.35 bits per heavy atom. The molecule has 1 N–H and O–H groups in total. The molecule has 0 heterocycles. The largest absolute Gasteiger partial charge is 0.512 e. The van der Waals surface area contributed by atoms with Crippen molar-refractivity contribution < 1.29 is 27.1 Å². The van der Waals surface area contributed by atoms with E-state index in [2.05, 4.69) is 0 Å². The molecule has 0 amide bonds. The highest BCUT2D eigenvalue weighted by Gasteiger charge is 2.25. The summed E-state index contributed by atoms with van der Waals surface area (Å²) in [6.45, 7) is 0. The molecule has 0 unspecified atom stereocenters. The predicted molar refractivity (Wildman–Crippen MR) is 62.7 cm³/mol. The van der Waals surface area contributed by atoms with E-state index in [1.807, 2.05) is 0 Å². The van der Waals surface area contributed by atoms with Gasteiger partial charge in [0.2, 0.25) is 5.82 Å². The lowest BCUT2D eigenvalue weighted by Crippen LogP contribution is -2.08. The second-order valence-electron chi connectivity index (χ2n) is 4.81. The Morgan fingerprint density at radius 1 is 0.850 bits per heavy atom. The number of rotatable bonds is 4. The number of hydrogen-bond donors (Lipinski definition) is 1. The van der Waals surface area contributed by atoms with Crippen LogP contribution in [0, 0.1) is 29.1 Å². The minimum absolute atomic E-state index is 0.119. The van der Waals surface area contributed by atoms with Crippen LogP contribution in [0.4, 0.5) is 22.0 Å². The van der Waals surface area contributed by atoms with Crippen LogP contribution in [0.1, 0.15) is 37.7 Å². The van der Waals surface area contributed by atoms with Crippen LogP contribution < -0.4 is 0 Å². The lowest BCUT2D eigenvalue weighted by Gasteiger charge is -2.18. The van der Waals surface area contributed by atoms with Gasteiger partial charge in [-0.3, -0.25) is 0 Å². The van der Waals surface area contributed by atoms with E-state index in [9.17, 15) is 27.1 Å². The van der Waals surface area contributed by atoms with Crippen LogP contribution in [0.15, 0.2) is 11.3 Å². The lowest BCUT2D eigenvalue weighted by atomic mass is 9.90. The van der Waals surface area contributed by atoms with E-state index < -0.39 is 34.6 Å². The molecule has 0 saturated heterocycles. The topological polar surface area (TPSA) is 20.2 Å². The summed E-state index contributed by atoms with van der Waals surface area (Å²) in [5.74, 6) is -9.43. The summed E-state index contributed by atoms with van der Waals surface area (Å²) in [6, 6.07) is 0. The quantitative estimate of drug-likeness (QED) is 0.369. The number of aliphatic hydroxyl groups excluding tert-OH is 1. The van der Waals surface area contributed by atoms with Crippen molar-refractivity contribution in [1.82, 2.24) is 0 Å². The van der Waals surface area contributed by atoms with Gasteiger partial charge >= 0.3 is 0 Å². The standard InChI is InChI=1S/C14H13F5O/c15-10-8(11(16)13(18)14(19)12(10)17)5-2-6-9(20)7-3-1-4-7/h20H,1-6H2. The zero-order chi connectivity index (χ0) is 14.9. The molecule has 0 bridgehead atoms. The smallest absolute Gasteiger partial charge is 0.200 e. The van der Waals surface area contributed by atoms with E-state index in [0.717, 1.165) is 24.8 Å². The fourth-order valence-corrected chi connectivity index (χ4v) is 2.12. The second-order valence-corrected chi connectivity index (χ2v) is 4.81. The first-order chi connectivity index (χ1) is 9.43. The predicted octanol–water partition coefficient (Wildman–Crippen LogP) is 4.70. The maximum absolute atomic E-state index is 13.4. The van der Waals surface area contributed by atoms with Crippen molar-refractivity contribution in [2.24, 2.45) is 0 Å². The summed E-state index contributed by atoms with van der Waals surface area (Å²) in [7, 11) is 0. The third-order valence-electron chi connectivity index (χ3n) is 3.51. The first-order valence-corrected chi connectivity index (χ1v) is 6.33. The van der Waals surface area contributed by atoms with Gasteiger partial charge in [-0.05, 0) is 37.7 Å². The van der Waals surface area contributed by atoms with Gasteiger partial charge in [-0.25, -0.2) is 22.0 Å². The molecule has 110 valence electrons. The highest BCUT2D eigenvalue weighted by molar-refractivity contribution is 5.24. The molecule has 0 spiro atoms. The summed E-state index contributed by atoms with van der Waals surface area (Å²) >= 11 is 0. The Morgan fingerprint density at radius 3 is 1.80 bits per heavy atom. The van der Waals surface area contributed by atoms with Crippen LogP contribution in [-0.4, -0.2) is 5.11 Å². The maximum Gasteiger partial charge on any atom is 0.200 e. The molecule has 0 aromatic heterocycles. The van der Waals surface area contributed by atoms with Gasteiger partial charge in [-0.15, -0.1) is 0 Å². The van der Waals surface area contributed by atoms with Crippen molar-refractivity contribution in [1.29, 1.82) is 0 Å². The van der Waals surface area contributed by atoms with Crippen molar-refractivity contribution in [3.05, 3.63) is 46.0 Å². The molecule has 0 atom stereocenters. The SMILES string of the molecule is OC(CCCc1c(F)c(F)c(F)c(F)c1F)=C1CCC1. The van der Waals surface area contributed by atoms with Gasteiger partial charge in [0.05, 0.1) is 5.76 Å². The van der Waals surface area contributed by atoms with E-state index >= 15 is 0 Å². The molecule has 1 aliphatic rings. The summed E-state index contributed by atoms with van der Waals surface area (Å²) in [4.78, 5) is 0. The first kappa shape index (κ1) is 14.8. The molecule has 0 radical (unpaired) electrons. The zero-order valence-electron chi connectivity index (χ0n) is 10.6. The highest BCUT2D eigenvalue weighted by Crippen LogP contribution is 2.30. The van der Waals surface area contributed by atoms with E-state index in [1.165, 1.54) is 0 Å². The Balaban J connectivity index is 2.10. The molecule has 1 aromatic carbocycles. The molecular formula is C14H13F5O. The minimum Gasteiger partial charge on any atom is -0.512 e. The molecule has 6 heteroatoms. The van der Waals surface area contributed by atoms with Crippen molar-refractivity contribution in [2.45, 2.75) is 38.5 Å². The van der Waals surface area contributed by atoms with Crippen LogP contribution >= 0.6 is 0 Å². The van der Waals surface area contributed by atoms with Crippen molar-refractivity contribution in [3.63, 3.8) is 0 Å². The second kappa shape index (κ2) is 5.81. The third-order valence-corrected chi connectivity index (χ3v) is 3.51. The number of benzene rings is 1.